The van der Waals surface area contributed by atoms with Crippen LogP contribution in [0.15, 0.2) is 46.2 Å². The van der Waals surface area contributed by atoms with Gasteiger partial charge in [-0.15, -0.1) is 0 Å². The number of rotatable bonds is 7. The quantitative estimate of drug-likeness (QED) is 0.686. The SMILES string of the molecule is CNCCNc1cnn(CCn2ccccc2=O)c(=O)c1. The van der Waals surface area contributed by atoms with Gasteiger partial charge in [-0.1, -0.05) is 6.07 Å². The van der Waals surface area contributed by atoms with Crippen molar-refractivity contribution in [3.05, 3.63) is 57.4 Å². The fourth-order valence-corrected chi connectivity index (χ4v) is 1.88. The van der Waals surface area contributed by atoms with E-state index in [2.05, 4.69) is 15.7 Å². The van der Waals surface area contributed by atoms with E-state index in [1.165, 1.54) is 16.8 Å². The number of pyridine rings is 1. The van der Waals surface area contributed by atoms with Gasteiger partial charge in [-0.2, -0.15) is 5.10 Å². The molecule has 2 aromatic heterocycles. The third kappa shape index (κ3) is 4.28. The summed E-state index contributed by atoms with van der Waals surface area (Å²) < 4.78 is 2.90. The predicted octanol–water partition coefficient (Wildman–Crippen LogP) is -0.263. The first kappa shape index (κ1) is 15.0. The minimum absolute atomic E-state index is 0.0871. The van der Waals surface area contributed by atoms with Crippen LogP contribution in [-0.2, 0) is 13.1 Å². The fraction of sp³-hybridized carbons (Fsp3) is 0.357. The average Bonchev–Trinajstić information content (AvgIpc) is 2.48. The summed E-state index contributed by atoms with van der Waals surface area (Å²) in [6, 6.07) is 6.47. The van der Waals surface area contributed by atoms with Crippen LogP contribution in [0.5, 0.6) is 0 Å². The Morgan fingerprint density at radius 3 is 2.71 bits per heavy atom. The van der Waals surface area contributed by atoms with E-state index in [-0.39, 0.29) is 11.1 Å². The van der Waals surface area contributed by atoms with Crippen LogP contribution < -0.4 is 21.8 Å². The summed E-state index contributed by atoms with van der Waals surface area (Å²) in [7, 11) is 1.86. The topological polar surface area (TPSA) is 81.0 Å². The molecule has 0 aliphatic carbocycles. The Morgan fingerprint density at radius 2 is 2.00 bits per heavy atom. The molecule has 0 unspecified atom stereocenters. The highest BCUT2D eigenvalue weighted by Gasteiger charge is 2.01. The highest BCUT2D eigenvalue weighted by atomic mass is 16.1. The number of anilines is 1. The molecule has 7 heteroatoms. The van der Waals surface area contributed by atoms with Gasteiger partial charge in [0.2, 0.25) is 0 Å². The first-order chi connectivity index (χ1) is 10.2. The van der Waals surface area contributed by atoms with Gasteiger partial charge >= 0.3 is 0 Å². The molecule has 0 bridgehead atoms. The predicted molar refractivity (Wildman–Crippen MR) is 81.6 cm³/mol. The largest absolute Gasteiger partial charge is 0.382 e. The molecule has 2 heterocycles. The van der Waals surface area contributed by atoms with Crippen LogP contribution in [0, 0.1) is 0 Å². The monoisotopic (exact) mass is 289 g/mol. The van der Waals surface area contributed by atoms with Crippen LogP contribution in [-0.4, -0.2) is 34.5 Å². The van der Waals surface area contributed by atoms with Gasteiger partial charge in [0.05, 0.1) is 18.4 Å². The van der Waals surface area contributed by atoms with E-state index in [9.17, 15) is 9.59 Å². The molecule has 7 nitrogen and oxygen atoms in total. The molecule has 0 aromatic carbocycles. The van der Waals surface area contributed by atoms with E-state index in [1.807, 2.05) is 7.05 Å². The number of nitrogens with one attached hydrogen (secondary N) is 2. The van der Waals surface area contributed by atoms with Crippen LogP contribution in [0.3, 0.4) is 0 Å². The van der Waals surface area contributed by atoms with Gasteiger partial charge in [0.1, 0.15) is 0 Å². The molecule has 0 fully saturated rings. The number of nitrogens with zero attached hydrogens (tertiary/aromatic N) is 3. The summed E-state index contributed by atoms with van der Waals surface area (Å²) in [5.41, 5.74) is 0.424. The standard InChI is InChI=1S/C14H19N5O2/c1-15-5-6-16-12-10-14(21)19(17-11-12)9-8-18-7-3-2-4-13(18)20/h2-4,7,10-11,15-16H,5-6,8-9H2,1H3. The minimum Gasteiger partial charge on any atom is -0.382 e. The maximum absolute atomic E-state index is 11.9. The van der Waals surface area contributed by atoms with Crippen molar-refractivity contribution in [2.75, 3.05) is 25.5 Å². The number of likely N-dealkylation sites (N-methyl/N-ethyl adjacent to an activating group) is 1. The molecule has 2 aromatic rings. The third-order valence-corrected chi connectivity index (χ3v) is 3.03. The Balaban J connectivity index is 2.00. The summed E-state index contributed by atoms with van der Waals surface area (Å²) in [6.45, 7) is 2.31. The summed E-state index contributed by atoms with van der Waals surface area (Å²) >= 11 is 0. The van der Waals surface area contributed by atoms with E-state index in [0.29, 0.717) is 18.8 Å². The molecule has 112 valence electrons. The van der Waals surface area contributed by atoms with Crippen molar-refractivity contribution in [1.82, 2.24) is 19.7 Å². The second-order valence-electron chi connectivity index (χ2n) is 4.57. The summed E-state index contributed by atoms with van der Waals surface area (Å²) in [5, 5.41) is 10.2. The van der Waals surface area contributed by atoms with Crippen LogP contribution >= 0.6 is 0 Å². The van der Waals surface area contributed by atoms with Crippen LogP contribution in [0.25, 0.3) is 0 Å². The van der Waals surface area contributed by atoms with E-state index in [4.69, 9.17) is 0 Å². The van der Waals surface area contributed by atoms with Crippen LogP contribution in [0.4, 0.5) is 5.69 Å². The lowest BCUT2D eigenvalue weighted by molar-refractivity contribution is 0.503. The first-order valence-corrected chi connectivity index (χ1v) is 6.82. The Bertz CT molecular complexity index is 692. The first-order valence-electron chi connectivity index (χ1n) is 6.82. The maximum atomic E-state index is 11.9. The molecular formula is C14H19N5O2. The van der Waals surface area contributed by atoms with Crippen molar-refractivity contribution in [3.63, 3.8) is 0 Å². The Kier molecular flexibility index (Phi) is 5.28. The fourth-order valence-electron chi connectivity index (χ4n) is 1.88. The lowest BCUT2D eigenvalue weighted by atomic mass is 10.4. The molecule has 0 aliphatic heterocycles. The molecule has 2 N–H and O–H groups in total. The van der Waals surface area contributed by atoms with Crippen molar-refractivity contribution in [3.8, 4) is 0 Å². The minimum atomic E-state index is -0.187. The van der Waals surface area contributed by atoms with Gasteiger partial charge in [0.25, 0.3) is 11.1 Å². The van der Waals surface area contributed by atoms with Crippen LogP contribution in [0.2, 0.25) is 0 Å². The third-order valence-electron chi connectivity index (χ3n) is 3.03. The van der Waals surface area contributed by atoms with E-state index < -0.39 is 0 Å². The smallest absolute Gasteiger partial charge is 0.268 e. The van der Waals surface area contributed by atoms with Crippen molar-refractivity contribution in [2.45, 2.75) is 13.1 Å². The van der Waals surface area contributed by atoms with E-state index in [0.717, 1.165) is 13.1 Å². The molecule has 0 spiro atoms. The van der Waals surface area contributed by atoms with Gasteiger partial charge in [0, 0.05) is 38.0 Å². The highest BCUT2D eigenvalue weighted by molar-refractivity contribution is 5.38. The number of hydrogen-bond donors (Lipinski definition) is 2. The van der Waals surface area contributed by atoms with Crippen molar-refractivity contribution in [1.29, 1.82) is 0 Å². The van der Waals surface area contributed by atoms with Crippen molar-refractivity contribution < 1.29 is 0 Å². The van der Waals surface area contributed by atoms with Gasteiger partial charge in [-0.3, -0.25) is 9.59 Å². The zero-order valence-corrected chi connectivity index (χ0v) is 12.0. The summed E-state index contributed by atoms with van der Waals surface area (Å²) in [4.78, 5) is 23.5. The summed E-state index contributed by atoms with van der Waals surface area (Å²) in [5.74, 6) is 0. The molecule has 21 heavy (non-hydrogen) atoms. The van der Waals surface area contributed by atoms with E-state index >= 15 is 0 Å². The zero-order chi connectivity index (χ0) is 15.1. The molecular weight excluding hydrogens is 270 g/mol. The Hall–Kier alpha value is -2.41. The molecule has 0 amide bonds. The van der Waals surface area contributed by atoms with Crippen molar-refractivity contribution >= 4 is 5.69 Å². The number of aryl methyl sites for hydroxylation is 2. The Labute approximate surface area is 122 Å². The van der Waals surface area contributed by atoms with Gasteiger partial charge in [-0.25, -0.2) is 4.68 Å². The highest BCUT2D eigenvalue weighted by Crippen LogP contribution is 1.98. The maximum Gasteiger partial charge on any atom is 0.268 e. The normalized spacial score (nSPS) is 10.5. The number of hydrogen-bond acceptors (Lipinski definition) is 5. The molecule has 0 saturated carbocycles. The van der Waals surface area contributed by atoms with E-state index in [1.54, 1.807) is 29.1 Å². The lowest BCUT2D eigenvalue weighted by Crippen LogP contribution is -2.28. The average molecular weight is 289 g/mol. The molecule has 0 atom stereocenters. The van der Waals surface area contributed by atoms with Gasteiger partial charge < -0.3 is 15.2 Å². The Morgan fingerprint density at radius 1 is 1.14 bits per heavy atom. The van der Waals surface area contributed by atoms with Crippen molar-refractivity contribution in [2.24, 2.45) is 0 Å². The molecule has 0 saturated heterocycles. The lowest BCUT2D eigenvalue weighted by Gasteiger charge is -2.09. The number of aromatic nitrogens is 3. The zero-order valence-electron chi connectivity index (χ0n) is 12.0. The second kappa shape index (κ2) is 7.39. The molecule has 0 radical (unpaired) electrons. The molecule has 2 rings (SSSR count). The second-order valence-corrected chi connectivity index (χ2v) is 4.57. The summed E-state index contributed by atoms with van der Waals surface area (Å²) in [6.07, 6.45) is 3.31. The van der Waals surface area contributed by atoms with Gasteiger partial charge in [-0.05, 0) is 13.1 Å². The molecule has 0 aliphatic rings. The van der Waals surface area contributed by atoms with Crippen LogP contribution in [0.1, 0.15) is 0 Å². The van der Waals surface area contributed by atoms with Gasteiger partial charge in [0.15, 0.2) is 0 Å².